The van der Waals surface area contributed by atoms with Crippen LogP contribution in [0.1, 0.15) is 24.3 Å². The van der Waals surface area contributed by atoms with Gasteiger partial charge >= 0.3 is 5.97 Å². The van der Waals surface area contributed by atoms with E-state index in [-0.39, 0.29) is 30.7 Å². The maximum atomic E-state index is 12.3. The number of nitrogens with zero attached hydrogens (tertiary/aromatic N) is 1. The molecule has 0 bridgehead atoms. The normalized spacial score (nSPS) is 19.4. The fourth-order valence-electron chi connectivity index (χ4n) is 2.60. The molecule has 1 aliphatic carbocycles. The van der Waals surface area contributed by atoms with E-state index in [2.05, 4.69) is 0 Å². The van der Waals surface area contributed by atoms with Crippen molar-refractivity contribution >= 4 is 11.9 Å². The molecule has 1 N–H and O–H groups in total. The lowest BCUT2D eigenvalue weighted by Gasteiger charge is -2.16. The number of carbonyl (C=O) groups is 2. The molecule has 120 valence electrons. The number of carboxylic acids is 1. The molecule has 1 fully saturated rings. The summed E-state index contributed by atoms with van der Waals surface area (Å²) in [5.41, 5.74) is 0.965. The van der Waals surface area contributed by atoms with Gasteiger partial charge in [0.1, 0.15) is 11.5 Å². The molecule has 0 aliphatic heterocycles. The van der Waals surface area contributed by atoms with Gasteiger partial charge in [0, 0.05) is 31.0 Å². The van der Waals surface area contributed by atoms with Gasteiger partial charge in [-0.1, -0.05) is 0 Å². The average Bonchev–Trinajstić information content (AvgIpc) is 3.31. The Balaban J connectivity index is 2.05. The highest BCUT2D eigenvalue weighted by Gasteiger charge is 2.46. The van der Waals surface area contributed by atoms with Crippen LogP contribution >= 0.6 is 0 Å². The predicted molar refractivity (Wildman–Crippen MR) is 80.3 cm³/mol. The van der Waals surface area contributed by atoms with Crippen molar-refractivity contribution in [3.05, 3.63) is 23.8 Å². The van der Waals surface area contributed by atoms with Crippen molar-refractivity contribution in [1.29, 1.82) is 0 Å². The number of carboxylic acid groups (broad SMARTS) is 1. The third-order valence-corrected chi connectivity index (χ3v) is 3.98. The number of carbonyl (C=O) groups excluding carboxylic acids is 1. The van der Waals surface area contributed by atoms with Crippen LogP contribution < -0.4 is 9.47 Å². The molecule has 0 heterocycles. The Kier molecular flexibility index (Phi) is 4.90. The van der Waals surface area contributed by atoms with Crippen LogP contribution in [0.4, 0.5) is 0 Å². The average molecular weight is 307 g/mol. The van der Waals surface area contributed by atoms with Crippen LogP contribution in [0.5, 0.6) is 11.5 Å². The zero-order valence-corrected chi connectivity index (χ0v) is 13.0. The van der Waals surface area contributed by atoms with Crippen LogP contribution in [0.2, 0.25) is 0 Å². The fourth-order valence-corrected chi connectivity index (χ4v) is 2.60. The van der Waals surface area contributed by atoms with Gasteiger partial charge in [0.25, 0.3) is 0 Å². The van der Waals surface area contributed by atoms with Gasteiger partial charge in [-0.15, -0.1) is 0 Å². The molecule has 0 saturated heterocycles. The summed E-state index contributed by atoms with van der Waals surface area (Å²) in [4.78, 5) is 24.4. The van der Waals surface area contributed by atoms with Crippen molar-refractivity contribution in [3.63, 3.8) is 0 Å². The van der Waals surface area contributed by atoms with Gasteiger partial charge in [0.05, 0.1) is 20.6 Å². The number of ether oxygens (including phenoxy) is 2. The van der Waals surface area contributed by atoms with E-state index in [0.29, 0.717) is 0 Å². The Bertz CT molecular complexity index is 572. The first-order valence-electron chi connectivity index (χ1n) is 7.16. The number of methoxy groups -OCH3 is 2. The lowest BCUT2D eigenvalue weighted by atomic mass is 10.1. The van der Waals surface area contributed by atoms with Crippen molar-refractivity contribution in [2.75, 3.05) is 27.8 Å². The summed E-state index contributed by atoms with van der Waals surface area (Å²) in [6.45, 7) is 0.229. The van der Waals surface area contributed by atoms with Gasteiger partial charge in [0.2, 0.25) is 5.91 Å². The van der Waals surface area contributed by atoms with E-state index in [1.807, 2.05) is 18.2 Å². The van der Waals surface area contributed by atoms with Crippen molar-refractivity contribution < 1.29 is 24.2 Å². The van der Waals surface area contributed by atoms with Crippen LogP contribution in [0.3, 0.4) is 0 Å². The van der Waals surface area contributed by atoms with Crippen molar-refractivity contribution in [2.24, 2.45) is 5.92 Å². The fraction of sp³-hybridized carbons (Fsp3) is 0.500. The molecule has 6 heteroatoms. The lowest BCUT2D eigenvalue weighted by molar-refractivity contribution is -0.138. The molecule has 0 aromatic heterocycles. The highest BCUT2D eigenvalue weighted by atomic mass is 16.5. The van der Waals surface area contributed by atoms with Crippen molar-refractivity contribution in [1.82, 2.24) is 4.90 Å². The molecule has 22 heavy (non-hydrogen) atoms. The van der Waals surface area contributed by atoms with Crippen LogP contribution in [0, 0.1) is 5.92 Å². The van der Waals surface area contributed by atoms with Crippen LogP contribution in [-0.4, -0.2) is 49.7 Å². The van der Waals surface area contributed by atoms with E-state index >= 15 is 0 Å². The second-order valence-electron chi connectivity index (χ2n) is 5.46. The van der Waals surface area contributed by atoms with Gasteiger partial charge in [-0.3, -0.25) is 9.59 Å². The molecule has 2 atom stereocenters. The van der Waals surface area contributed by atoms with Crippen LogP contribution in [-0.2, 0) is 9.59 Å². The molecule has 2 unspecified atom stereocenters. The zero-order chi connectivity index (χ0) is 16.3. The van der Waals surface area contributed by atoms with E-state index in [9.17, 15) is 9.59 Å². The molecular formula is C16H21NO5. The summed E-state index contributed by atoms with van der Waals surface area (Å²) in [5, 5.41) is 8.69. The van der Waals surface area contributed by atoms with Gasteiger partial charge in [0.15, 0.2) is 0 Å². The summed E-state index contributed by atoms with van der Waals surface area (Å²) < 4.78 is 10.6. The summed E-state index contributed by atoms with van der Waals surface area (Å²) in [5.74, 6) is 0.546. The molecule has 1 aromatic carbocycles. The smallest absolute Gasteiger partial charge is 0.305 e. The summed E-state index contributed by atoms with van der Waals surface area (Å²) in [6, 6.07) is 5.55. The van der Waals surface area contributed by atoms with E-state index in [4.69, 9.17) is 14.6 Å². The number of amides is 1. The first-order chi connectivity index (χ1) is 10.5. The van der Waals surface area contributed by atoms with Crippen molar-refractivity contribution in [2.45, 2.75) is 18.8 Å². The largest absolute Gasteiger partial charge is 0.497 e. The van der Waals surface area contributed by atoms with Gasteiger partial charge in [-0.05, 0) is 24.6 Å². The minimum atomic E-state index is -0.901. The Morgan fingerprint density at radius 1 is 1.32 bits per heavy atom. The van der Waals surface area contributed by atoms with Gasteiger partial charge in [-0.25, -0.2) is 0 Å². The summed E-state index contributed by atoms with van der Waals surface area (Å²) >= 11 is 0. The first kappa shape index (κ1) is 16.1. The maximum absolute atomic E-state index is 12.3. The topological polar surface area (TPSA) is 76.1 Å². The third kappa shape index (κ3) is 3.50. The molecule has 1 saturated carbocycles. The zero-order valence-electron chi connectivity index (χ0n) is 13.0. The Morgan fingerprint density at radius 3 is 2.64 bits per heavy atom. The van der Waals surface area contributed by atoms with Gasteiger partial charge in [-0.2, -0.15) is 0 Å². The number of hydrogen-bond donors (Lipinski definition) is 1. The van der Waals surface area contributed by atoms with E-state index in [1.165, 1.54) is 4.90 Å². The number of benzene rings is 1. The number of hydrogen-bond acceptors (Lipinski definition) is 4. The predicted octanol–water partition coefficient (Wildman–Crippen LogP) is 1.74. The van der Waals surface area contributed by atoms with Gasteiger partial charge < -0.3 is 19.5 Å². The van der Waals surface area contributed by atoms with E-state index < -0.39 is 5.97 Å². The Morgan fingerprint density at radius 2 is 2.05 bits per heavy atom. The minimum Gasteiger partial charge on any atom is -0.497 e. The SMILES string of the molecule is COc1ccc(OC)c(C2CC2C(=O)N(C)CCC(=O)O)c1. The van der Waals surface area contributed by atoms with Crippen LogP contribution in [0.15, 0.2) is 18.2 Å². The molecule has 1 aliphatic rings. The lowest BCUT2D eigenvalue weighted by Crippen LogP contribution is -2.30. The van der Waals surface area contributed by atoms with E-state index in [1.54, 1.807) is 21.3 Å². The molecule has 2 rings (SSSR count). The minimum absolute atomic E-state index is 0.0175. The molecule has 1 aromatic rings. The molecular weight excluding hydrogens is 286 g/mol. The second-order valence-corrected chi connectivity index (χ2v) is 5.46. The Labute approximate surface area is 129 Å². The molecule has 6 nitrogen and oxygen atoms in total. The maximum Gasteiger partial charge on any atom is 0.305 e. The molecule has 1 amide bonds. The quantitative estimate of drug-likeness (QED) is 0.830. The number of rotatable bonds is 7. The summed E-state index contributed by atoms with van der Waals surface area (Å²) in [6.07, 6.45) is 0.710. The molecule has 0 spiro atoms. The molecule has 0 radical (unpaired) electrons. The van der Waals surface area contributed by atoms with Crippen LogP contribution in [0.25, 0.3) is 0 Å². The first-order valence-corrected chi connectivity index (χ1v) is 7.16. The second kappa shape index (κ2) is 6.68. The van der Waals surface area contributed by atoms with E-state index in [0.717, 1.165) is 23.5 Å². The standard InChI is InChI=1S/C16H21NO5/c1-17(7-6-15(18)19)16(20)13-9-11(13)12-8-10(21-2)4-5-14(12)22-3/h4-5,8,11,13H,6-7,9H2,1-3H3,(H,18,19). The third-order valence-electron chi connectivity index (χ3n) is 3.98. The highest BCUT2D eigenvalue weighted by molar-refractivity contribution is 5.83. The number of aliphatic carboxylic acids is 1. The monoisotopic (exact) mass is 307 g/mol. The highest BCUT2D eigenvalue weighted by Crippen LogP contribution is 2.51. The van der Waals surface area contributed by atoms with Crippen molar-refractivity contribution in [3.8, 4) is 11.5 Å². The summed E-state index contributed by atoms with van der Waals surface area (Å²) in [7, 11) is 4.84. The Hall–Kier alpha value is -2.24.